The molecule has 0 amide bonds. The third-order valence-corrected chi connectivity index (χ3v) is 4.02. The molecule has 0 aliphatic carbocycles. The maximum absolute atomic E-state index is 11.8. The van der Waals surface area contributed by atoms with Crippen LogP contribution in [0.25, 0.3) is 0 Å². The van der Waals surface area contributed by atoms with Crippen LogP contribution in [-0.2, 0) is 18.4 Å². The minimum absolute atomic E-state index is 0.352. The second kappa shape index (κ2) is 12.4. The average Bonchev–Trinajstić information content (AvgIpc) is 2.42. The minimum atomic E-state index is -1.77. The van der Waals surface area contributed by atoms with Crippen LogP contribution in [0.1, 0.15) is 52.9 Å². The van der Waals surface area contributed by atoms with Gasteiger partial charge in [0.05, 0.1) is 11.8 Å². The summed E-state index contributed by atoms with van der Waals surface area (Å²) in [5.74, 6) is -0.385. The van der Waals surface area contributed by atoms with Gasteiger partial charge in [-0.1, -0.05) is 40.2 Å². The minimum Gasteiger partial charge on any atom is -0.463 e. The van der Waals surface area contributed by atoms with E-state index in [0.29, 0.717) is 25.0 Å². The van der Waals surface area contributed by atoms with Crippen LogP contribution in [0, 0.1) is 0 Å². The van der Waals surface area contributed by atoms with E-state index in [2.05, 4.69) is 20.4 Å². The number of esters is 1. The highest BCUT2D eigenvalue weighted by atomic mass is 28.3. The molecule has 0 rings (SSSR count). The first-order chi connectivity index (χ1) is 9.17. The molecule has 0 heterocycles. The molecule has 0 aromatic carbocycles. The van der Waals surface area contributed by atoms with E-state index in [1.54, 1.807) is 0 Å². The van der Waals surface area contributed by atoms with Gasteiger partial charge in [-0.15, -0.1) is 0 Å². The van der Waals surface area contributed by atoms with E-state index in [1.807, 2.05) is 6.92 Å². The molecule has 19 heavy (non-hydrogen) atoms. The van der Waals surface area contributed by atoms with Crippen LogP contribution < -0.4 is 0 Å². The molecular formula is C14H27O4Si. The fourth-order valence-corrected chi connectivity index (χ4v) is 2.53. The first-order valence-electron chi connectivity index (χ1n) is 7.16. The lowest BCUT2D eigenvalue weighted by atomic mass is 10.4. The zero-order valence-corrected chi connectivity index (χ0v) is 13.5. The van der Waals surface area contributed by atoms with Crippen LogP contribution in [-0.4, -0.2) is 35.1 Å². The number of carbonyl (C=O) groups is 1. The Morgan fingerprint density at radius 1 is 0.947 bits per heavy atom. The molecule has 111 valence electrons. The van der Waals surface area contributed by atoms with Gasteiger partial charge in [-0.05, 0) is 19.3 Å². The summed E-state index contributed by atoms with van der Waals surface area (Å²) in [6.45, 7) is 11.6. The van der Waals surface area contributed by atoms with Crippen molar-refractivity contribution in [1.29, 1.82) is 0 Å². The molecule has 0 N–H and O–H groups in total. The van der Waals surface area contributed by atoms with E-state index in [4.69, 9.17) is 13.6 Å². The van der Waals surface area contributed by atoms with Crippen LogP contribution in [0.2, 0.25) is 0 Å². The summed E-state index contributed by atoms with van der Waals surface area (Å²) in [6, 6.07) is 0. The Morgan fingerprint density at radius 2 is 1.47 bits per heavy atom. The second-order valence-electron chi connectivity index (χ2n) is 4.31. The largest absolute Gasteiger partial charge is 0.463 e. The Balaban J connectivity index is 4.26. The number of ether oxygens (including phenoxy) is 1. The van der Waals surface area contributed by atoms with Gasteiger partial charge in [-0.25, -0.2) is 4.79 Å². The third kappa shape index (κ3) is 8.97. The smallest absolute Gasteiger partial charge is 0.430 e. The fourth-order valence-electron chi connectivity index (χ4n) is 1.20. The van der Waals surface area contributed by atoms with Crippen LogP contribution in [0.5, 0.6) is 0 Å². The van der Waals surface area contributed by atoms with Crippen molar-refractivity contribution in [1.82, 2.24) is 0 Å². The lowest BCUT2D eigenvalue weighted by molar-refractivity contribution is -0.138. The molecule has 0 aliphatic heterocycles. The van der Waals surface area contributed by atoms with E-state index in [-0.39, 0.29) is 5.97 Å². The second-order valence-corrected chi connectivity index (χ2v) is 6.06. The molecule has 0 aromatic heterocycles. The van der Waals surface area contributed by atoms with Crippen molar-refractivity contribution in [3.05, 3.63) is 11.8 Å². The molecule has 0 aromatic rings. The van der Waals surface area contributed by atoms with Crippen molar-refractivity contribution >= 4 is 15.3 Å². The zero-order valence-electron chi connectivity index (χ0n) is 12.5. The maximum Gasteiger partial charge on any atom is 0.430 e. The highest BCUT2D eigenvalue weighted by molar-refractivity contribution is 6.60. The Hall–Kier alpha value is -0.653. The highest BCUT2D eigenvalue weighted by Gasteiger charge is 2.27. The monoisotopic (exact) mass is 287 g/mol. The lowest BCUT2D eigenvalue weighted by Crippen LogP contribution is -2.31. The van der Waals surface area contributed by atoms with Crippen LogP contribution >= 0.6 is 0 Å². The first kappa shape index (κ1) is 18.3. The molecule has 0 aliphatic rings. The number of carbonyl (C=O) groups excluding carboxylic acids is 1. The lowest BCUT2D eigenvalue weighted by Gasteiger charge is -2.16. The highest BCUT2D eigenvalue weighted by Crippen LogP contribution is 2.07. The Kier molecular flexibility index (Phi) is 12.0. The van der Waals surface area contributed by atoms with Gasteiger partial charge in [-0.3, -0.25) is 0 Å². The van der Waals surface area contributed by atoms with Gasteiger partial charge >= 0.3 is 15.3 Å². The van der Waals surface area contributed by atoms with E-state index >= 15 is 0 Å². The van der Waals surface area contributed by atoms with Crippen molar-refractivity contribution in [3.63, 3.8) is 0 Å². The van der Waals surface area contributed by atoms with Gasteiger partial charge in [0.15, 0.2) is 0 Å². The maximum atomic E-state index is 11.8. The molecule has 0 saturated carbocycles. The topological polar surface area (TPSA) is 44.8 Å². The molecule has 0 unspecified atom stereocenters. The van der Waals surface area contributed by atoms with Crippen LogP contribution in [0.15, 0.2) is 11.8 Å². The van der Waals surface area contributed by atoms with Crippen molar-refractivity contribution < 1.29 is 18.4 Å². The van der Waals surface area contributed by atoms with E-state index in [1.165, 1.54) is 0 Å². The molecule has 5 heteroatoms. The first-order valence-corrected chi connectivity index (χ1v) is 8.47. The van der Waals surface area contributed by atoms with Gasteiger partial charge in [-0.2, -0.15) is 0 Å². The van der Waals surface area contributed by atoms with Gasteiger partial charge in [0.25, 0.3) is 0 Å². The van der Waals surface area contributed by atoms with E-state index in [9.17, 15) is 4.79 Å². The summed E-state index contributed by atoms with van der Waals surface area (Å²) < 4.78 is 16.4. The molecule has 0 fully saturated rings. The molecule has 0 bridgehead atoms. The summed E-state index contributed by atoms with van der Waals surface area (Å²) in [6.07, 6.45) is 4.83. The van der Waals surface area contributed by atoms with Crippen molar-refractivity contribution in [2.45, 2.75) is 52.9 Å². The predicted octanol–water partition coefficient (Wildman–Crippen LogP) is 3.16. The van der Waals surface area contributed by atoms with Gasteiger partial charge in [0, 0.05) is 13.2 Å². The summed E-state index contributed by atoms with van der Waals surface area (Å²) in [5.41, 5.74) is 0. The third-order valence-electron chi connectivity index (χ3n) is 2.39. The summed E-state index contributed by atoms with van der Waals surface area (Å²) in [4.78, 5) is 11.8. The number of hydrogen-bond acceptors (Lipinski definition) is 4. The molecule has 0 saturated heterocycles. The SMILES string of the molecule is C=C(C(=O)OCCC)[Si](OCCCC)OCCCC. The zero-order chi connectivity index (χ0) is 14.5. The van der Waals surface area contributed by atoms with E-state index in [0.717, 1.165) is 32.1 Å². The number of rotatable bonds is 12. The Morgan fingerprint density at radius 3 is 1.89 bits per heavy atom. The summed E-state index contributed by atoms with van der Waals surface area (Å²) >= 11 is 0. The average molecular weight is 287 g/mol. The quantitative estimate of drug-likeness (QED) is 0.239. The van der Waals surface area contributed by atoms with Gasteiger partial charge < -0.3 is 13.6 Å². The van der Waals surface area contributed by atoms with Gasteiger partial charge in [0.1, 0.15) is 0 Å². The van der Waals surface area contributed by atoms with E-state index < -0.39 is 9.28 Å². The van der Waals surface area contributed by atoms with Crippen molar-refractivity contribution in [3.8, 4) is 0 Å². The standard InChI is InChI=1S/C14H27O4Si/c1-5-8-11-17-19(18-12-9-6-2)13(4)14(15)16-10-7-3/h4-12H2,1-3H3. The molecule has 4 nitrogen and oxygen atoms in total. The summed E-state index contributed by atoms with van der Waals surface area (Å²) in [5, 5.41) is 0.352. The predicted molar refractivity (Wildman–Crippen MR) is 77.9 cm³/mol. The molecular weight excluding hydrogens is 260 g/mol. The molecule has 1 radical (unpaired) electrons. The summed E-state index contributed by atoms with van der Waals surface area (Å²) in [7, 11) is -1.77. The molecule has 0 spiro atoms. The van der Waals surface area contributed by atoms with Crippen molar-refractivity contribution in [2.75, 3.05) is 19.8 Å². The number of unbranched alkanes of at least 4 members (excludes halogenated alkanes) is 2. The number of hydrogen-bond donors (Lipinski definition) is 0. The molecule has 0 atom stereocenters. The van der Waals surface area contributed by atoms with Gasteiger partial charge in [0.2, 0.25) is 0 Å². The Labute approximate surface area is 119 Å². The van der Waals surface area contributed by atoms with Crippen molar-refractivity contribution in [2.24, 2.45) is 0 Å². The normalized spacial score (nSPS) is 10.7. The Bertz CT molecular complexity index is 246. The fraction of sp³-hybridized carbons (Fsp3) is 0.786. The van der Waals surface area contributed by atoms with Crippen LogP contribution in [0.3, 0.4) is 0 Å². The van der Waals surface area contributed by atoms with Crippen LogP contribution in [0.4, 0.5) is 0 Å².